The number of rotatable bonds is 3. The van der Waals surface area contributed by atoms with Gasteiger partial charge in [-0.15, -0.1) is 0 Å². The van der Waals surface area contributed by atoms with E-state index in [1.807, 2.05) is 6.08 Å². The molecule has 1 spiro atoms. The normalized spacial score (nSPS) is 34.1. The van der Waals surface area contributed by atoms with Crippen molar-refractivity contribution < 1.29 is 33.8 Å². The third-order valence-electron chi connectivity index (χ3n) is 7.57. The summed E-state index contributed by atoms with van der Waals surface area (Å²) >= 11 is 9.59. The van der Waals surface area contributed by atoms with Crippen molar-refractivity contribution in [3.63, 3.8) is 0 Å². The van der Waals surface area contributed by atoms with Gasteiger partial charge in [0.05, 0.1) is 19.1 Å². The summed E-state index contributed by atoms with van der Waals surface area (Å²) in [7, 11) is 0. The minimum absolute atomic E-state index is 0.110. The number of benzene rings is 1. The molecule has 6 atom stereocenters. The van der Waals surface area contributed by atoms with Crippen molar-refractivity contribution in [2.24, 2.45) is 11.8 Å². The van der Waals surface area contributed by atoms with Crippen molar-refractivity contribution in [2.45, 2.75) is 43.6 Å². The minimum Gasteiger partial charge on any atom is -0.460 e. The number of hydrogen-bond donors (Lipinski definition) is 2. The van der Waals surface area contributed by atoms with E-state index >= 15 is 0 Å². The Kier molecular flexibility index (Phi) is 7.87. The number of carbonyl (C=O) groups is 4. The maximum Gasteiger partial charge on any atom is 0.313 e. The first-order valence-corrected chi connectivity index (χ1v) is 14.0. The number of hydrogen-bond acceptors (Lipinski definition) is 7. The zero-order valence-electron chi connectivity index (χ0n) is 21.2. The van der Waals surface area contributed by atoms with E-state index in [1.165, 1.54) is 9.80 Å². The molecular formula is C27H29BrClN3O7. The third-order valence-corrected chi connectivity index (χ3v) is 8.51. The van der Waals surface area contributed by atoms with E-state index in [0.717, 1.165) is 0 Å². The summed E-state index contributed by atoms with van der Waals surface area (Å²) in [6.07, 6.45) is 4.53. The molecule has 10 nitrogen and oxygen atoms in total. The lowest BCUT2D eigenvalue weighted by Gasteiger charge is -2.35. The molecule has 0 unspecified atom stereocenters. The number of aliphatic hydroxyl groups is 1. The van der Waals surface area contributed by atoms with Gasteiger partial charge < -0.3 is 29.7 Å². The number of halogens is 2. The van der Waals surface area contributed by atoms with Crippen molar-refractivity contribution in [1.29, 1.82) is 0 Å². The van der Waals surface area contributed by atoms with E-state index in [0.29, 0.717) is 21.6 Å². The van der Waals surface area contributed by atoms with Crippen LogP contribution in [0.2, 0.25) is 5.02 Å². The van der Waals surface area contributed by atoms with Gasteiger partial charge in [0.1, 0.15) is 29.8 Å². The van der Waals surface area contributed by atoms with Gasteiger partial charge >= 0.3 is 5.97 Å². The van der Waals surface area contributed by atoms with Gasteiger partial charge in [0.25, 0.3) is 5.91 Å². The standard InChI is InChI=1S/C27H29BrClN3O7/c1-15-14-30-19(34)5-3-2-4-10-31(17-8-6-16(29)7-9-17)25(36)23-27-13-18(28)22(39-27)20(26(37)38-15)21(27)24(35)32(23)11-12-33/h2,4,6-9,13,15,20-23,33H,3,5,10-12,14H2,1H3,(H,30,34)/b4-2-/t15-,20+,21-,22+,23+,27-/m0/s1. The molecule has 2 fully saturated rings. The summed E-state index contributed by atoms with van der Waals surface area (Å²) in [5.41, 5.74) is -0.891. The van der Waals surface area contributed by atoms with Crippen LogP contribution in [0, 0.1) is 11.8 Å². The molecule has 4 heterocycles. The molecule has 0 saturated carbocycles. The quantitative estimate of drug-likeness (QED) is 0.390. The first kappa shape index (κ1) is 27.8. The second kappa shape index (κ2) is 11.0. The first-order chi connectivity index (χ1) is 18.7. The lowest BCUT2D eigenvalue weighted by molar-refractivity contribution is -0.158. The zero-order chi connectivity index (χ0) is 27.9. The van der Waals surface area contributed by atoms with Crippen molar-refractivity contribution in [1.82, 2.24) is 10.2 Å². The van der Waals surface area contributed by atoms with Crippen LogP contribution in [-0.2, 0) is 28.7 Å². The summed E-state index contributed by atoms with van der Waals surface area (Å²) in [5.74, 6) is -3.76. The number of β-amino-alcohol motifs (C(OH)–C–C–N with tert-alkyl or cyclic N) is 1. The molecule has 1 aromatic carbocycles. The van der Waals surface area contributed by atoms with Gasteiger partial charge in [0, 0.05) is 34.7 Å². The minimum atomic E-state index is -1.43. The molecule has 5 bridgehead atoms. The van der Waals surface area contributed by atoms with Crippen LogP contribution in [0.1, 0.15) is 19.8 Å². The van der Waals surface area contributed by atoms with E-state index in [-0.39, 0.29) is 38.6 Å². The molecule has 1 aromatic rings. The van der Waals surface area contributed by atoms with E-state index in [2.05, 4.69) is 21.2 Å². The number of anilines is 1. The second-order valence-corrected chi connectivity index (χ2v) is 11.4. The van der Waals surface area contributed by atoms with Gasteiger partial charge in [0.15, 0.2) is 0 Å². The molecule has 2 saturated heterocycles. The van der Waals surface area contributed by atoms with Crippen LogP contribution in [0.5, 0.6) is 0 Å². The molecular weight excluding hydrogens is 594 g/mol. The molecule has 3 amide bonds. The van der Waals surface area contributed by atoms with E-state index in [9.17, 15) is 24.3 Å². The molecule has 4 aliphatic rings. The van der Waals surface area contributed by atoms with E-state index in [4.69, 9.17) is 21.1 Å². The highest BCUT2D eigenvalue weighted by Gasteiger charge is 2.74. The number of likely N-dealkylation sites (tertiary alicyclic amines) is 1. The second-order valence-electron chi connectivity index (χ2n) is 10.1. The van der Waals surface area contributed by atoms with Gasteiger partial charge in [0.2, 0.25) is 11.8 Å². The van der Waals surface area contributed by atoms with Crippen LogP contribution in [-0.4, -0.2) is 83.8 Å². The van der Waals surface area contributed by atoms with Gasteiger partial charge in [-0.05, 0) is 43.7 Å². The number of nitrogens with one attached hydrogen (secondary N) is 1. The smallest absolute Gasteiger partial charge is 0.313 e. The van der Waals surface area contributed by atoms with Crippen LogP contribution in [0.3, 0.4) is 0 Å². The lowest BCUT2D eigenvalue weighted by Crippen LogP contribution is -2.56. The van der Waals surface area contributed by atoms with Crippen molar-refractivity contribution in [3.8, 4) is 0 Å². The molecule has 0 aromatic heterocycles. The summed E-state index contributed by atoms with van der Waals surface area (Å²) < 4.78 is 12.6. The first-order valence-electron chi connectivity index (χ1n) is 12.8. The Labute approximate surface area is 239 Å². The van der Waals surface area contributed by atoms with Gasteiger partial charge in [-0.3, -0.25) is 19.2 Å². The summed E-state index contributed by atoms with van der Waals surface area (Å²) in [6, 6.07) is 5.58. The van der Waals surface area contributed by atoms with Crippen LogP contribution >= 0.6 is 27.5 Å². The van der Waals surface area contributed by atoms with Crippen LogP contribution < -0.4 is 10.2 Å². The number of esters is 1. The number of fused-ring (bicyclic) bond motifs is 2. The SMILES string of the molecule is C[C@H]1CNC(=O)CC/C=C\CN(c2ccc(Cl)cc2)C(=O)[C@H]2N(CCO)C(=O)[C@@H]3[C@@H](C(=O)O1)[C@@H]1O[C@@]32C=C1Br. The Morgan fingerprint density at radius 1 is 1.15 bits per heavy atom. The fraction of sp³-hybridized carbons (Fsp3) is 0.481. The highest BCUT2D eigenvalue weighted by molar-refractivity contribution is 9.11. The van der Waals surface area contributed by atoms with Crippen molar-refractivity contribution in [3.05, 3.63) is 52.0 Å². The van der Waals surface area contributed by atoms with Gasteiger partial charge in [-0.25, -0.2) is 0 Å². The lowest BCUT2D eigenvalue weighted by atomic mass is 9.74. The Bertz CT molecular complexity index is 1240. The third kappa shape index (κ3) is 4.90. The predicted molar refractivity (Wildman–Crippen MR) is 145 cm³/mol. The number of cyclic esters (lactones) is 1. The van der Waals surface area contributed by atoms with Crippen LogP contribution in [0.15, 0.2) is 47.0 Å². The molecule has 208 valence electrons. The average Bonchev–Trinajstić information content (AvgIpc) is 3.48. The predicted octanol–water partition coefficient (Wildman–Crippen LogP) is 1.94. The largest absolute Gasteiger partial charge is 0.460 e. The zero-order valence-corrected chi connectivity index (χ0v) is 23.6. The van der Waals surface area contributed by atoms with Crippen LogP contribution in [0.4, 0.5) is 5.69 Å². The molecule has 0 radical (unpaired) electrons. The van der Waals surface area contributed by atoms with Crippen molar-refractivity contribution >= 4 is 56.9 Å². The Hall–Kier alpha value is -2.73. The van der Waals surface area contributed by atoms with Crippen molar-refractivity contribution in [2.75, 3.05) is 31.1 Å². The molecule has 12 heteroatoms. The van der Waals surface area contributed by atoms with Crippen LogP contribution in [0.25, 0.3) is 0 Å². The van der Waals surface area contributed by atoms with E-state index in [1.54, 1.807) is 43.3 Å². The number of nitrogens with zero attached hydrogens (tertiary/aromatic N) is 2. The van der Waals surface area contributed by atoms with Gasteiger partial charge in [-0.2, -0.15) is 0 Å². The number of aliphatic hydroxyl groups excluding tert-OH is 1. The maximum absolute atomic E-state index is 14.4. The fourth-order valence-electron chi connectivity index (χ4n) is 5.88. The Morgan fingerprint density at radius 2 is 1.90 bits per heavy atom. The number of allylic oxidation sites excluding steroid dienone is 1. The monoisotopic (exact) mass is 621 g/mol. The molecule has 2 N–H and O–H groups in total. The molecule has 5 rings (SSSR count). The molecule has 0 aliphatic carbocycles. The molecule has 39 heavy (non-hydrogen) atoms. The Morgan fingerprint density at radius 3 is 2.62 bits per heavy atom. The summed E-state index contributed by atoms with van der Waals surface area (Å²) in [5, 5.41) is 13.1. The fourth-order valence-corrected chi connectivity index (χ4v) is 6.74. The highest BCUT2D eigenvalue weighted by Crippen LogP contribution is 2.58. The summed E-state index contributed by atoms with van der Waals surface area (Å²) in [4.78, 5) is 56.8. The number of carbonyl (C=O) groups excluding carboxylic acids is 4. The maximum atomic E-state index is 14.4. The van der Waals surface area contributed by atoms with E-state index < -0.39 is 53.5 Å². The van der Waals surface area contributed by atoms with Gasteiger partial charge in [-0.1, -0.05) is 39.7 Å². The summed E-state index contributed by atoms with van der Waals surface area (Å²) in [6.45, 7) is 1.44. The average molecular weight is 623 g/mol. The number of ether oxygens (including phenoxy) is 2. The number of amides is 3. The highest BCUT2D eigenvalue weighted by atomic mass is 79.9. The Balaban J connectivity index is 1.61. The topological polar surface area (TPSA) is 125 Å². The molecule has 4 aliphatic heterocycles.